The van der Waals surface area contributed by atoms with Crippen LogP contribution in [-0.4, -0.2) is 101 Å². The fraction of sp³-hybridized carbons (Fsp3) is 0.882. The Hall–Kier alpha value is -1.13. The number of carbonyl (C=O) groups excluding carboxylic acids is 2. The Balaban J connectivity index is 0.000000161. The molecule has 4 saturated heterocycles. The first-order valence-electron chi connectivity index (χ1n) is 9.26. The summed E-state index contributed by atoms with van der Waals surface area (Å²) in [5.74, 6) is -0.468. The zero-order valence-electron chi connectivity index (χ0n) is 16.1. The topological polar surface area (TPSA) is 110 Å². The fourth-order valence-electron chi connectivity index (χ4n) is 3.88. The molecule has 152 valence electrons. The summed E-state index contributed by atoms with van der Waals surface area (Å²) in [6.07, 6.45) is -2.90. The quantitative estimate of drug-likeness (QED) is 0.438. The highest BCUT2D eigenvalue weighted by atomic mass is 16.6. The highest BCUT2D eigenvalue weighted by Crippen LogP contribution is 2.35. The van der Waals surface area contributed by atoms with Gasteiger partial charge in [0.1, 0.15) is 52.3 Å². The van der Waals surface area contributed by atoms with Gasteiger partial charge >= 0.3 is 11.9 Å². The van der Waals surface area contributed by atoms with Gasteiger partial charge in [-0.3, -0.25) is 9.59 Å². The average Bonchev–Trinajstić information content (AvgIpc) is 3.30. The minimum atomic E-state index is -0.719. The predicted octanol–water partition coefficient (Wildman–Crippen LogP) is -1.58. The number of rotatable bonds is 2. The molecule has 4 radical (unpaired) electrons. The Bertz CT molecular complexity index is 541. The van der Waals surface area contributed by atoms with Gasteiger partial charge in [0.25, 0.3) is 0 Å². The number of carbonyl (C=O) groups is 2. The first-order chi connectivity index (χ1) is 13.2. The summed E-state index contributed by atoms with van der Waals surface area (Å²) in [5, 5.41) is 9.42. The first-order valence-corrected chi connectivity index (χ1v) is 9.26. The molecule has 10 atom stereocenters. The zero-order valence-corrected chi connectivity index (χ0v) is 16.1. The molecule has 0 aromatic heterocycles. The molecule has 0 bridgehead atoms. The number of esters is 2. The van der Waals surface area contributed by atoms with E-state index in [2.05, 4.69) is 0 Å². The lowest BCUT2D eigenvalue weighted by molar-refractivity contribution is -0.152. The molecule has 0 amide bonds. The van der Waals surface area contributed by atoms with Crippen LogP contribution in [0.25, 0.3) is 0 Å². The molecule has 1 N–H and O–H groups in total. The van der Waals surface area contributed by atoms with Crippen molar-refractivity contribution in [2.45, 2.75) is 75.5 Å². The van der Waals surface area contributed by atoms with Gasteiger partial charge in [-0.2, -0.15) is 0 Å². The number of ether oxygens (including phenoxy) is 6. The summed E-state index contributed by atoms with van der Waals surface area (Å²) in [6.45, 7) is 5.52. The SMILES string of the molecule is [B][C@@H]1OC2[C@H](C)CO[C@@H]2[C@H]1OC(C)=O.[B][C@@H]1OC2[C@H](O)CO[C@@H]2[C@H]1OC(C)=O. The van der Waals surface area contributed by atoms with Crippen LogP contribution >= 0.6 is 0 Å². The normalized spacial score (nSPS) is 46.3. The van der Waals surface area contributed by atoms with Crippen molar-refractivity contribution in [3.63, 3.8) is 0 Å². The van der Waals surface area contributed by atoms with Crippen molar-refractivity contribution in [2.75, 3.05) is 13.2 Å². The molecule has 4 aliphatic heterocycles. The lowest BCUT2D eigenvalue weighted by atomic mass is 9.92. The smallest absolute Gasteiger partial charge is 0.303 e. The van der Waals surface area contributed by atoms with Crippen molar-refractivity contribution in [3.05, 3.63) is 0 Å². The van der Waals surface area contributed by atoms with Crippen LogP contribution in [0.5, 0.6) is 0 Å². The van der Waals surface area contributed by atoms with Gasteiger partial charge < -0.3 is 33.5 Å². The largest absolute Gasteiger partial charge is 0.458 e. The van der Waals surface area contributed by atoms with E-state index < -0.39 is 48.5 Å². The number of aliphatic hydroxyl groups is 1. The average molecular weight is 394 g/mol. The van der Waals surface area contributed by atoms with Crippen molar-refractivity contribution in [3.8, 4) is 0 Å². The van der Waals surface area contributed by atoms with Gasteiger partial charge in [-0.05, 0) is 0 Å². The van der Waals surface area contributed by atoms with E-state index in [1.165, 1.54) is 13.8 Å². The minimum Gasteiger partial charge on any atom is -0.458 e. The second-order valence-electron chi connectivity index (χ2n) is 7.42. The fourth-order valence-corrected chi connectivity index (χ4v) is 3.88. The molecule has 0 aliphatic carbocycles. The van der Waals surface area contributed by atoms with Crippen LogP contribution in [-0.2, 0) is 38.0 Å². The Morgan fingerprint density at radius 1 is 0.857 bits per heavy atom. The summed E-state index contributed by atoms with van der Waals surface area (Å²) in [4.78, 5) is 21.6. The highest BCUT2D eigenvalue weighted by molar-refractivity contribution is 6.12. The molecule has 0 aromatic rings. The van der Waals surface area contributed by atoms with Crippen molar-refractivity contribution in [1.29, 1.82) is 0 Å². The van der Waals surface area contributed by atoms with Gasteiger partial charge in [-0.25, -0.2) is 0 Å². The molecule has 11 heteroatoms. The Kier molecular flexibility index (Phi) is 6.71. The predicted molar refractivity (Wildman–Crippen MR) is 94.6 cm³/mol. The van der Waals surface area contributed by atoms with E-state index in [0.717, 1.165) is 0 Å². The maximum atomic E-state index is 10.8. The molecule has 4 fully saturated rings. The second-order valence-corrected chi connectivity index (χ2v) is 7.42. The van der Waals surface area contributed by atoms with E-state index in [9.17, 15) is 14.7 Å². The van der Waals surface area contributed by atoms with E-state index >= 15 is 0 Å². The van der Waals surface area contributed by atoms with Gasteiger partial charge in [-0.1, -0.05) is 6.92 Å². The van der Waals surface area contributed by atoms with Gasteiger partial charge in [0.2, 0.25) is 0 Å². The van der Waals surface area contributed by atoms with Crippen molar-refractivity contribution in [1.82, 2.24) is 0 Å². The van der Waals surface area contributed by atoms with Crippen LogP contribution in [0.2, 0.25) is 0 Å². The molecular weight excluding hydrogens is 370 g/mol. The molecule has 2 unspecified atom stereocenters. The molecule has 0 saturated carbocycles. The lowest BCUT2D eigenvalue weighted by Crippen LogP contribution is -2.36. The maximum Gasteiger partial charge on any atom is 0.303 e. The summed E-state index contributed by atoms with van der Waals surface area (Å²) in [6, 6.07) is -1.28. The third kappa shape index (κ3) is 4.38. The Morgan fingerprint density at radius 2 is 1.32 bits per heavy atom. The lowest BCUT2D eigenvalue weighted by Gasteiger charge is -2.19. The van der Waals surface area contributed by atoms with Crippen LogP contribution < -0.4 is 0 Å². The molecule has 28 heavy (non-hydrogen) atoms. The van der Waals surface area contributed by atoms with Crippen LogP contribution in [0.1, 0.15) is 20.8 Å². The molecule has 9 nitrogen and oxygen atoms in total. The number of aliphatic hydroxyl groups excluding tert-OH is 1. The second kappa shape index (κ2) is 8.71. The van der Waals surface area contributed by atoms with E-state index in [-0.39, 0.29) is 24.8 Å². The van der Waals surface area contributed by atoms with Gasteiger partial charge in [-0.15, -0.1) is 0 Å². The number of hydrogen-bond donors (Lipinski definition) is 1. The Morgan fingerprint density at radius 3 is 1.86 bits per heavy atom. The van der Waals surface area contributed by atoms with E-state index in [4.69, 9.17) is 44.1 Å². The monoisotopic (exact) mass is 394 g/mol. The first kappa shape index (κ1) is 21.6. The number of fused-ring (bicyclic) bond motifs is 2. The van der Waals surface area contributed by atoms with Crippen LogP contribution in [0.15, 0.2) is 0 Å². The molecule has 0 aromatic carbocycles. The summed E-state index contributed by atoms with van der Waals surface area (Å²) in [5.41, 5.74) is 0. The molecule has 4 heterocycles. The van der Waals surface area contributed by atoms with Crippen LogP contribution in [0.3, 0.4) is 0 Å². The van der Waals surface area contributed by atoms with Crippen molar-refractivity contribution >= 4 is 27.6 Å². The van der Waals surface area contributed by atoms with Crippen molar-refractivity contribution in [2.24, 2.45) is 5.92 Å². The van der Waals surface area contributed by atoms with Gasteiger partial charge in [0, 0.05) is 19.8 Å². The third-order valence-corrected chi connectivity index (χ3v) is 5.13. The van der Waals surface area contributed by atoms with E-state index in [0.29, 0.717) is 12.5 Å². The molecule has 4 aliphatic rings. The van der Waals surface area contributed by atoms with Crippen molar-refractivity contribution < 1.29 is 43.1 Å². The number of hydrogen-bond acceptors (Lipinski definition) is 9. The minimum absolute atomic E-state index is 0.0330. The highest BCUT2D eigenvalue weighted by Gasteiger charge is 2.52. The zero-order chi connectivity index (χ0) is 20.6. The third-order valence-electron chi connectivity index (χ3n) is 5.13. The van der Waals surface area contributed by atoms with E-state index in [1.54, 1.807) is 0 Å². The molecule has 0 spiro atoms. The standard InChI is InChI=1S/C9H13BO4.C8H11BO5/c1-4-3-12-7-6(4)14-9(10)8(7)13-5(2)11;1-3(10)13-7-6-5(14-8(7)9)4(11)2-12-6/h4,6-9H,3H2,1-2H3;4-8,11H,2H2,1H3/t4-,6?,7+,8-,9-;4-,5?,6+,7-,8-/m11/s1. The van der Waals surface area contributed by atoms with E-state index in [1.807, 2.05) is 6.92 Å². The van der Waals surface area contributed by atoms with Crippen LogP contribution in [0, 0.1) is 5.92 Å². The summed E-state index contributed by atoms with van der Waals surface area (Å²) >= 11 is 0. The van der Waals surface area contributed by atoms with Crippen LogP contribution in [0.4, 0.5) is 0 Å². The maximum absolute atomic E-state index is 10.8. The Labute approximate surface area is 166 Å². The summed E-state index contributed by atoms with van der Waals surface area (Å²) < 4.78 is 31.5. The molecular formula is C17H24B2O9. The van der Waals surface area contributed by atoms with Gasteiger partial charge in [0.05, 0.1) is 31.3 Å². The molecule has 4 rings (SSSR count). The summed E-state index contributed by atoms with van der Waals surface area (Å²) in [7, 11) is 11.3. The van der Waals surface area contributed by atoms with Gasteiger partial charge in [0.15, 0.2) is 0 Å².